The van der Waals surface area contributed by atoms with E-state index in [2.05, 4.69) is 10.6 Å². The van der Waals surface area contributed by atoms with E-state index in [1.807, 2.05) is 19.1 Å². The lowest BCUT2D eigenvalue weighted by atomic mass is 9.88. The first-order valence-electron chi connectivity index (χ1n) is 11.5. The number of piperidine rings is 1. The van der Waals surface area contributed by atoms with Gasteiger partial charge in [-0.2, -0.15) is 0 Å². The van der Waals surface area contributed by atoms with Crippen LogP contribution < -0.4 is 15.4 Å². The number of nitrogens with one attached hydrogen (secondary N) is 2. The van der Waals surface area contributed by atoms with Crippen LogP contribution in [-0.2, 0) is 9.53 Å². The Morgan fingerprint density at radius 2 is 1.79 bits per heavy atom. The first-order chi connectivity index (χ1) is 16.4. The van der Waals surface area contributed by atoms with Crippen LogP contribution in [0.1, 0.15) is 39.1 Å². The van der Waals surface area contributed by atoms with Gasteiger partial charge in [0.25, 0.3) is 11.8 Å². The van der Waals surface area contributed by atoms with E-state index in [-0.39, 0.29) is 23.6 Å². The Labute approximate surface area is 200 Å². The number of hydrogen-bond donors (Lipinski definition) is 2. The highest BCUT2D eigenvalue weighted by Gasteiger charge is 2.34. The fraction of sp³-hybridized carbons (Fsp3) is 0.423. The number of hydrogen-bond acceptors (Lipinski definition) is 5. The Kier molecular flexibility index (Phi) is 9.04. The van der Waals surface area contributed by atoms with Crippen LogP contribution >= 0.6 is 0 Å². The maximum absolute atomic E-state index is 13.0. The summed E-state index contributed by atoms with van der Waals surface area (Å²) in [5.74, 6) is -0.0452. The Bertz CT molecular complexity index is 1000. The van der Waals surface area contributed by atoms with Crippen molar-refractivity contribution in [1.82, 2.24) is 15.5 Å². The lowest BCUT2D eigenvalue weighted by Gasteiger charge is -2.36. The zero-order valence-electron chi connectivity index (χ0n) is 20.0. The molecule has 1 atom stereocenters. The van der Waals surface area contributed by atoms with Gasteiger partial charge in [0.15, 0.2) is 0 Å². The minimum atomic E-state index is -0.696. The van der Waals surface area contributed by atoms with Crippen LogP contribution in [0, 0.1) is 12.8 Å². The van der Waals surface area contributed by atoms with E-state index in [1.54, 1.807) is 55.5 Å². The second kappa shape index (κ2) is 12.2. The Morgan fingerprint density at radius 1 is 1.06 bits per heavy atom. The average Bonchev–Trinajstić information content (AvgIpc) is 2.87. The third-order valence-electron chi connectivity index (χ3n) is 6.18. The number of benzene rings is 2. The molecule has 1 fully saturated rings. The minimum absolute atomic E-state index is 0.0672. The molecule has 0 bridgehead atoms. The lowest BCUT2D eigenvalue weighted by molar-refractivity contribution is -0.124. The molecule has 0 aromatic heterocycles. The highest BCUT2D eigenvalue weighted by atomic mass is 16.5. The van der Waals surface area contributed by atoms with Gasteiger partial charge in [0.05, 0.1) is 13.7 Å². The van der Waals surface area contributed by atoms with Crippen LogP contribution in [0.4, 0.5) is 0 Å². The summed E-state index contributed by atoms with van der Waals surface area (Å²) in [6.45, 7) is 3.62. The summed E-state index contributed by atoms with van der Waals surface area (Å²) < 4.78 is 10.3. The first kappa shape index (κ1) is 25.2. The molecule has 0 unspecified atom stereocenters. The van der Waals surface area contributed by atoms with Crippen molar-refractivity contribution in [3.63, 3.8) is 0 Å². The number of methoxy groups -OCH3 is 2. The summed E-state index contributed by atoms with van der Waals surface area (Å²) in [4.78, 5) is 40.7. The summed E-state index contributed by atoms with van der Waals surface area (Å²) in [6.07, 6.45) is 1.21. The van der Waals surface area contributed by atoms with Crippen LogP contribution in [0.3, 0.4) is 0 Å². The van der Waals surface area contributed by atoms with E-state index < -0.39 is 6.04 Å². The minimum Gasteiger partial charge on any atom is -0.497 e. The predicted molar refractivity (Wildman–Crippen MR) is 129 cm³/mol. The van der Waals surface area contributed by atoms with Crippen molar-refractivity contribution >= 4 is 17.7 Å². The molecule has 182 valence electrons. The third-order valence-corrected chi connectivity index (χ3v) is 6.18. The van der Waals surface area contributed by atoms with Crippen molar-refractivity contribution in [2.75, 3.05) is 40.5 Å². The third kappa shape index (κ3) is 6.35. The number of rotatable bonds is 9. The number of nitrogens with zero attached hydrogens (tertiary/aromatic N) is 1. The number of ether oxygens (including phenoxy) is 2. The second-order valence-corrected chi connectivity index (χ2v) is 8.41. The van der Waals surface area contributed by atoms with E-state index in [4.69, 9.17) is 9.47 Å². The molecule has 8 heteroatoms. The molecular weight excluding hydrogens is 434 g/mol. The van der Waals surface area contributed by atoms with Crippen molar-refractivity contribution in [3.05, 3.63) is 65.2 Å². The van der Waals surface area contributed by atoms with Gasteiger partial charge in [0.2, 0.25) is 5.91 Å². The molecule has 1 aliphatic rings. The smallest absolute Gasteiger partial charge is 0.253 e. The van der Waals surface area contributed by atoms with Gasteiger partial charge >= 0.3 is 0 Å². The number of carbonyl (C=O) groups excluding carboxylic acids is 3. The van der Waals surface area contributed by atoms with E-state index >= 15 is 0 Å². The SMILES string of the molecule is COCCNC(=O)[C@H](NC(=O)c1ccccc1C)C1CCN(C(=O)c2cccc(OC)c2)CC1. The zero-order valence-corrected chi connectivity index (χ0v) is 20.0. The van der Waals surface area contributed by atoms with Crippen LogP contribution in [0.15, 0.2) is 48.5 Å². The highest BCUT2D eigenvalue weighted by Crippen LogP contribution is 2.24. The zero-order chi connectivity index (χ0) is 24.5. The molecule has 8 nitrogen and oxygen atoms in total. The highest BCUT2D eigenvalue weighted by molar-refractivity contribution is 5.98. The Hall–Kier alpha value is -3.39. The van der Waals surface area contributed by atoms with Gasteiger partial charge in [-0.25, -0.2) is 0 Å². The van der Waals surface area contributed by atoms with E-state index in [1.165, 1.54) is 0 Å². The number of carbonyl (C=O) groups is 3. The maximum Gasteiger partial charge on any atom is 0.253 e. The van der Waals surface area contributed by atoms with E-state index in [0.717, 1.165) is 5.56 Å². The quantitative estimate of drug-likeness (QED) is 0.552. The predicted octanol–water partition coefficient (Wildman–Crippen LogP) is 2.42. The van der Waals surface area contributed by atoms with E-state index in [0.29, 0.717) is 56.0 Å². The normalized spacial score (nSPS) is 14.9. The summed E-state index contributed by atoms with van der Waals surface area (Å²) in [6, 6.07) is 13.7. The molecule has 0 aliphatic carbocycles. The molecule has 3 amide bonds. The van der Waals surface area contributed by atoms with Gasteiger partial charge in [-0.05, 0) is 55.5 Å². The molecule has 1 saturated heterocycles. The molecule has 1 heterocycles. The number of likely N-dealkylation sites (tertiary alicyclic amines) is 1. The number of aryl methyl sites for hydroxylation is 1. The van der Waals surface area contributed by atoms with Gasteiger partial charge < -0.3 is 25.0 Å². The molecular formula is C26H33N3O5. The summed E-state index contributed by atoms with van der Waals surface area (Å²) in [7, 11) is 3.14. The lowest BCUT2D eigenvalue weighted by Crippen LogP contribution is -2.54. The van der Waals surface area contributed by atoms with Crippen LogP contribution in [0.25, 0.3) is 0 Å². The standard InChI is InChI=1S/C26H33N3O5/c1-18-7-4-5-10-22(18)24(30)28-23(25(31)27-13-16-33-2)19-11-14-29(15-12-19)26(32)20-8-6-9-21(17-20)34-3/h4-10,17,19,23H,11-16H2,1-3H3,(H,27,31)(H,28,30)/t23-/m1/s1. The van der Waals surface area contributed by atoms with Crippen LogP contribution in [0.2, 0.25) is 0 Å². The molecule has 0 radical (unpaired) electrons. The van der Waals surface area contributed by atoms with Crippen LogP contribution in [0.5, 0.6) is 5.75 Å². The molecule has 2 N–H and O–H groups in total. The Balaban J connectivity index is 1.69. The first-order valence-corrected chi connectivity index (χ1v) is 11.5. The van der Waals surface area contributed by atoms with Gasteiger partial charge in [0, 0.05) is 37.9 Å². The fourth-order valence-corrected chi connectivity index (χ4v) is 4.20. The monoisotopic (exact) mass is 467 g/mol. The Morgan fingerprint density at radius 3 is 2.47 bits per heavy atom. The van der Waals surface area contributed by atoms with Crippen molar-refractivity contribution in [1.29, 1.82) is 0 Å². The summed E-state index contributed by atoms with van der Waals surface area (Å²) in [5, 5.41) is 5.80. The molecule has 0 spiro atoms. The van der Waals surface area contributed by atoms with Gasteiger partial charge in [-0.15, -0.1) is 0 Å². The van der Waals surface area contributed by atoms with Crippen molar-refractivity contribution in [3.8, 4) is 5.75 Å². The molecule has 1 aliphatic heterocycles. The summed E-state index contributed by atoms with van der Waals surface area (Å²) >= 11 is 0. The molecule has 3 rings (SSSR count). The van der Waals surface area contributed by atoms with Crippen molar-refractivity contribution in [2.24, 2.45) is 5.92 Å². The topological polar surface area (TPSA) is 97.0 Å². The molecule has 0 saturated carbocycles. The molecule has 34 heavy (non-hydrogen) atoms. The van der Waals surface area contributed by atoms with Crippen molar-refractivity contribution in [2.45, 2.75) is 25.8 Å². The van der Waals surface area contributed by atoms with Gasteiger partial charge in [-0.1, -0.05) is 24.3 Å². The van der Waals surface area contributed by atoms with Crippen LogP contribution in [-0.4, -0.2) is 69.1 Å². The molecule has 2 aromatic carbocycles. The maximum atomic E-state index is 13.0. The summed E-state index contributed by atoms with van der Waals surface area (Å²) in [5.41, 5.74) is 1.96. The fourth-order valence-electron chi connectivity index (χ4n) is 4.20. The van der Waals surface area contributed by atoms with Gasteiger partial charge in [-0.3, -0.25) is 14.4 Å². The van der Waals surface area contributed by atoms with Crippen molar-refractivity contribution < 1.29 is 23.9 Å². The van der Waals surface area contributed by atoms with E-state index in [9.17, 15) is 14.4 Å². The second-order valence-electron chi connectivity index (χ2n) is 8.41. The number of amides is 3. The molecule has 2 aromatic rings. The largest absolute Gasteiger partial charge is 0.497 e. The average molecular weight is 468 g/mol. The van der Waals surface area contributed by atoms with Gasteiger partial charge in [0.1, 0.15) is 11.8 Å².